The molecular weight excluding hydrogens is 817 g/mol. The number of rotatable bonds is 12. The molecule has 3 aromatic heterocycles. The average molecular weight is 849 g/mol. The minimum Gasteiger partial charge on any atom is -0.872 e. The number of hydrogen-bond donors (Lipinski definition) is 1. The fraction of sp³-hybridized carbons (Fsp3) is 0.290. The Kier molecular flexibility index (Phi) is 21.9. The van der Waals surface area contributed by atoms with E-state index in [0.29, 0.717) is 38.3 Å². The maximum atomic E-state index is 12.4. The van der Waals surface area contributed by atoms with Gasteiger partial charge in [0, 0.05) is 81.9 Å². The van der Waals surface area contributed by atoms with Crippen LogP contribution < -0.4 is 20.4 Å². The van der Waals surface area contributed by atoms with Crippen molar-refractivity contribution in [2.45, 2.75) is 43.9 Å². The molecule has 0 aliphatic carbocycles. The number of pyridine rings is 3. The number of benzene rings is 1. The predicted octanol–water partition coefficient (Wildman–Crippen LogP) is 2.07. The number of phenols is 1. The normalized spacial score (nSPS) is 11.7. The van der Waals surface area contributed by atoms with Crippen LogP contribution in [-0.4, -0.2) is 66.7 Å². The summed E-state index contributed by atoms with van der Waals surface area (Å²) in [5.74, 6) is 0.0157. The Morgan fingerprint density at radius 1 is 0.759 bits per heavy atom. The molecule has 4 aromatic rings. The molecular formula is C31H31F6MnN6O8S2-5. The monoisotopic (exact) mass is 848 g/mol. The minimum absolute atomic E-state index is 0. The summed E-state index contributed by atoms with van der Waals surface area (Å²) in [4.78, 5) is 17.9. The van der Waals surface area contributed by atoms with Crippen molar-refractivity contribution in [3.63, 3.8) is 0 Å². The second kappa shape index (κ2) is 23.6. The Morgan fingerprint density at radius 3 is 1.37 bits per heavy atom. The van der Waals surface area contributed by atoms with E-state index in [2.05, 4.69) is 24.8 Å². The number of aromatic hydroxyl groups is 1. The first-order valence-electron chi connectivity index (χ1n) is 14.6. The number of phenolic OH excluding ortho intramolecular Hbond substituents is 1. The van der Waals surface area contributed by atoms with Crippen molar-refractivity contribution in [2.24, 2.45) is 0 Å². The molecule has 23 heteroatoms. The van der Waals surface area contributed by atoms with E-state index >= 15 is 0 Å². The first-order chi connectivity index (χ1) is 24.6. The quantitative estimate of drug-likeness (QED) is 0.0707. The molecule has 0 saturated carbocycles. The van der Waals surface area contributed by atoms with Gasteiger partial charge < -0.3 is 30.1 Å². The zero-order chi connectivity index (χ0) is 40.3. The maximum Gasteiger partial charge on any atom is 0.485 e. The Labute approximate surface area is 319 Å². The number of nitriles is 1. The van der Waals surface area contributed by atoms with E-state index in [4.69, 9.17) is 33.6 Å². The molecule has 4 rings (SSSR count). The van der Waals surface area contributed by atoms with Gasteiger partial charge in [0.05, 0.1) is 23.2 Å². The fourth-order valence-corrected chi connectivity index (χ4v) is 3.80. The zero-order valence-corrected chi connectivity index (χ0v) is 30.7. The molecule has 1 aromatic carbocycles. The van der Waals surface area contributed by atoms with E-state index in [0.717, 1.165) is 23.6 Å². The summed E-state index contributed by atoms with van der Waals surface area (Å²) in [7, 11) is -6.09. The third kappa shape index (κ3) is 20.4. The van der Waals surface area contributed by atoms with Gasteiger partial charge in [-0.1, -0.05) is 24.3 Å². The van der Waals surface area contributed by atoms with Crippen LogP contribution in [0.1, 0.15) is 29.6 Å². The Balaban J connectivity index is 0.00000116. The minimum atomic E-state index is -6.51. The second-order valence-corrected chi connectivity index (χ2v) is 12.9. The van der Waals surface area contributed by atoms with Crippen LogP contribution in [0, 0.1) is 11.3 Å². The van der Waals surface area contributed by atoms with Gasteiger partial charge in [-0.25, -0.2) is 8.42 Å². The van der Waals surface area contributed by atoms with Crippen LogP contribution in [0.2, 0.25) is 0 Å². The van der Waals surface area contributed by atoms with Gasteiger partial charge in [0.1, 0.15) is 5.75 Å². The van der Waals surface area contributed by atoms with Crippen LogP contribution >= 0.6 is 11.2 Å². The van der Waals surface area contributed by atoms with Gasteiger partial charge in [0.15, 0.2) is 21.3 Å². The van der Waals surface area contributed by atoms with E-state index in [-0.39, 0.29) is 28.6 Å². The van der Waals surface area contributed by atoms with Crippen LogP contribution in [0.4, 0.5) is 24.8 Å². The molecule has 1 N–H and O–H groups in total. The summed E-state index contributed by atoms with van der Waals surface area (Å²) in [6.07, 6.45) is 5.38. The predicted molar refractivity (Wildman–Crippen MR) is 169 cm³/mol. The van der Waals surface area contributed by atoms with Crippen molar-refractivity contribution >= 4 is 21.3 Å². The summed E-state index contributed by atoms with van der Waals surface area (Å²) < 4.78 is 91.0. The second-order valence-electron chi connectivity index (χ2n) is 10.2. The average Bonchev–Trinajstić information content (AvgIpc) is 3.06. The molecule has 0 spiro atoms. The summed E-state index contributed by atoms with van der Waals surface area (Å²) >= 11 is -6.51. The molecule has 0 amide bonds. The van der Waals surface area contributed by atoms with Gasteiger partial charge in [-0.3, -0.25) is 24.8 Å². The van der Waals surface area contributed by atoms with Crippen LogP contribution in [0.5, 0.6) is 11.5 Å². The van der Waals surface area contributed by atoms with Gasteiger partial charge in [0.2, 0.25) is 0 Å². The summed E-state index contributed by atoms with van der Waals surface area (Å²) in [5, 5.41) is 51.2. The third-order valence-corrected chi connectivity index (χ3v) is 7.21. The fourth-order valence-electron chi connectivity index (χ4n) is 3.80. The molecule has 54 heavy (non-hydrogen) atoms. The topological polar surface area (TPSA) is 239 Å². The zero-order valence-electron chi connectivity index (χ0n) is 27.9. The molecule has 0 saturated heterocycles. The molecule has 0 aliphatic rings. The molecule has 0 unspecified atom stereocenters. The van der Waals surface area contributed by atoms with E-state index in [1.165, 1.54) is 19.1 Å². The molecule has 0 bridgehead atoms. The standard InChI is InChI=1S/C27H29N5O2.C2H3N.CF3O3S.CHF3O3S.Mn/c33-26-10-11-27(34)22(17-26)18-31(19-23-7-1-4-12-28-23)15-16-32(20-24-8-2-5-13-29-24)21-25-9-3-6-14-30-25;1-2-3;2-8(3,4)1(5,6)7;2-1(3,4)8(5,6)7;/h1-14,17,33-34H,15-16,18-21H2;1H3;;(H,5,6,7);/q;;-3;;/p-2. The van der Waals surface area contributed by atoms with Crippen molar-refractivity contribution < 1.29 is 80.4 Å². The molecule has 0 aliphatic heterocycles. The van der Waals surface area contributed by atoms with Gasteiger partial charge in [-0.2, -0.15) is 23.7 Å². The van der Waals surface area contributed by atoms with Crippen LogP contribution in [0.15, 0.2) is 91.4 Å². The van der Waals surface area contributed by atoms with Crippen molar-refractivity contribution in [1.82, 2.24) is 24.8 Å². The van der Waals surface area contributed by atoms with Crippen molar-refractivity contribution in [1.29, 1.82) is 5.26 Å². The van der Waals surface area contributed by atoms with E-state index in [9.17, 15) is 35.0 Å². The summed E-state index contributed by atoms with van der Waals surface area (Å²) in [5.41, 5.74) is -2.17. The Hall–Kier alpha value is -4.08. The van der Waals surface area contributed by atoms with Crippen LogP contribution in [0.3, 0.4) is 0 Å². The van der Waals surface area contributed by atoms with E-state index in [1.54, 1.807) is 30.7 Å². The molecule has 3 heterocycles. The van der Waals surface area contributed by atoms with Crippen LogP contribution in [0.25, 0.3) is 0 Å². The largest absolute Gasteiger partial charge is 0.872 e. The Morgan fingerprint density at radius 2 is 1.09 bits per heavy atom. The van der Waals surface area contributed by atoms with Gasteiger partial charge in [-0.05, 0) is 54.1 Å². The first kappa shape index (κ1) is 49.9. The number of nitrogens with zero attached hydrogens (tertiary/aromatic N) is 6. The number of halogens is 6. The third-order valence-electron chi connectivity index (χ3n) is 6.07. The molecule has 0 fully saturated rings. The molecule has 0 atom stereocenters. The number of alkyl halides is 3. The first-order valence-corrected chi connectivity index (χ1v) is 17.3. The van der Waals surface area contributed by atoms with Crippen LogP contribution in [-0.2, 0) is 53.4 Å². The SMILES string of the molecule is CC#N.O=S(=O)([O-])C(F)(F)F.[Mn].[O-]C([O-])([O-])S(F)(F)F.[O-]c1ccc(O)cc1CN(CCN(Cc1ccccn1)Cc1ccccn1)Cc1ccccn1. The van der Waals surface area contributed by atoms with Crippen molar-refractivity contribution in [2.75, 3.05) is 13.1 Å². The molecule has 299 valence electrons. The van der Waals surface area contributed by atoms with E-state index < -0.39 is 32.1 Å². The summed E-state index contributed by atoms with van der Waals surface area (Å²) in [6, 6.07) is 23.8. The number of hydrogen-bond acceptors (Lipinski definition) is 14. The molecule has 1 radical (unpaired) electrons. The van der Waals surface area contributed by atoms with Crippen molar-refractivity contribution in [3.05, 3.63) is 114 Å². The Bertz CT molecular complexity index is 1740. The van der Waals surface area contributed by atoms with E-state index in [1.807, 2.05) is 54.6 Å². The maximum absolute atomic E-state index is 12.4. The van der Waals surface area contributed by atoms with Crippen molar-refractivity contribution in [3.8, 4) is 17.6 Å². The van der Waals surface area contributed by atoms with Gasteiger partial charge >= 0.3 is 5.51 Å². The summed E-state index contributed by atoms with van der Waals surface area (Å²) in [6.45, 7) is 5.27. The molecule has 14 nitrogen and oxygen atoms in total. The smallest absolute Gasteiger partial charge is 0.485 e. The van der Waals surface area contributed by atoms with Gasteiger partial charge in [0.25, 0.3) is 0 Å². The van der Waals surface area contributed by atoms with Gasteiger partial charge in [-0.15, -0.1) is 17.4 Å². The number of aromatic nitrogens is 3.